The van der Waals surface area contributed by atoms with E-state index in [9.17, 15) is 8.42 Å². The summed E-state index contributed by atoms with van der Waals surface area (Å²) in [4.78, 5) is 11.6. The van der Waals surface area contributed by atoms with E-state index >= 15 is 0 Å². The predicted octanol–water partition coefficient (Wildman–Crippen LogP) is 4.94. The average molecular weight is 679 g/mol. The Labute approximate surface area is 283 Å². The van der Waals surface area contributed by atoms with Gasteiger partial charge in [0.1, 0.15) is 5.82 Å². The molecule has 0 saturated heterocycles. The largest absolute Gasteiger partial charge is 0.377 e. The van der Waals surface area contributed by atoms with Crippen LogP contribution in [0, 0.1) is 6.92 Å². The average Bonchev–Trinajstić information content (AvgIpc) is 3.51. The Morgan fingerprint density at radius 3 is 2.27 bits per heavy atom. The molecular formula is C35H46N6O6S. The first-order chi connectivity index (χ1) is 23.3. The Hall–Kier alpha value is -3.88. The van der Waals surface area contributed by atoms with Gasteiger partial charge >= 0.3 is 0 Å². The van der Waals surface area contributed by atoms with E-state index in [1.807, 2.05) is 56.2 Å². The Morgan fingerprint density at radius 2 is 1.56 bits per heavy atom. The second kappa shape index (κ2) is 17.5. The fourth-order valence-electron chi connectivity index (χ4n) is 5.61. The molecule has 0 spiro atoms. The number of benzene rings is 2. The van der Waals surface area contributed by atoms with Crippen LogP contribution in [0.25, 0.3) is 11.3 Å². The van der Waals surface area contributed by atoms with Crippen molar-refractivity contribution in [2.45, 2.75) is 56.2 Å². The lowest BCUT2D eigenvalue weighted by molar-refractivity contribution is -0.0242. The molecule has 1 aliphatic rings. The molecule has 5 rings (SSSR count). The third-order valence-corrected chi connectivity index (χ3v) is 9.40. The molecule has 0 amide bonds. The van der Waals surface area contributed by atoms with E-state index in [1.165, 1.54) is 17.7 Å². The minimum absolute atomic E-state index is 0.0490. The molecule has 258 valence electrons. The van der Waals surface area contributed by atoms with Gasteiger partial charge in [-0.2, -0.15) is 13.5 Å². The second-order valence-electron chi connectivity index (χ2n) is 12.0. The zero-order valence-electron chi connectivity index (χ0n) is 28.0. The van der Waals surface area contributed by atoms with Crippen LogP contribution >= 0.6 is 0 Å². The van der Waals surface area contributed by atoms with Crippen LogP contribution in [0.2, 0.25) is 0 Å². The number of nitrogens with zero attached hydrogens (tertiary/aromatic N) is 5. The molecule has 0 unspecified atom stereocenters. The smallest absolute Gasteiger partial charge is 0.297 e. The highest BCUT2D eigenvalue weighted by Gasteiger charge is 2.23. The van der Waals surface area contributed by atoms with Crippen LogP contribution in [-0.4, -0.2) is 94.0 Å². The first-order valence-corrected chi connectivity index (χ1v) is 17.8. The van der Waals surface area contributed by atoms with Gasteiger partial charge in [0.25, 0.3) is 10.1 Å². The molecule has 0 bridgehead atoms. The first-order valence-electron chi connectivity index (χ1n) is 16.4. The lowest BCUT2D eigenvalue weighted by Gasteiger charge is -2.29. The molecule has 13 heteroatoms. The number of hydrogen-bond acceptors (Lipinski definition) is 11. The quantitative estimate of drug-likeness (QED) is 0.113. The zero-order valence-corrected chi connectivity index (χ0v) is 28.8. The van der Waals surface area contributed by atoms with Crippen molar-refractivity contribution < 1.29 is 26.8 Å². The van der Waals surface area contributed by atoms with Gasteiger partial charge in [-0.15, -0.1) is 0 Å². The summed E-state index contributed by atoms with van der Waals surface area (Å²) in [7, 11) is 0.264. The van der Waals surface area contributed by atoms with E-state index < -0.39 is 10.1 Å². The van der Waals surface area contributed by atoms with Crippen LogP contribution < -0.4 is 10.2 Å². The molecule has 1 fully saturated rings. The maximum atomic E-state index is 12.2. The molecule has 0 atom stereocenters. The molecule has 1 saturated carbocycles. The van der Waals surface area contributed by atoms with E-state index in [0.29, 0.717) is 38.9 Å². The SMILES string of the molecule is Cc1ccc(S(=O)(=O)OCCOCCOCCO[C@H]2CC[C@H](Nc3nccc(-c4cnn(Cc5ccccc5)c4N(C)C)n3)CC2)cc1. The summed E-state index contributed by atoms with van der Waals surface area (Å²) >= 11 is 0. The molecule has 12 nitrogen and oxygen atoms in total. The topological polar surface area (TPSA) is 130 Å². The number of aryl methyl sites for hydroxylation is 1. The van der Waals surface area contributed by atoms with Gasteiger partial charge in [0.05, 0.1) is 74.6 Å². The second-order valence-corrected chi connectivity index (χ2v) is 13.6. The van der Waals surface area contributed by atoms with Crippen molar-refractivity contribution in [3.63, 3.8) is 0 Å². The number of hydrogen-bond donors (Lipinski definition) is 1. The van der Waals surface area contributed by atoms with E-state index in [0.717, 1.165) is 48.3 Å². The van der Waals surface area contributed by atoms with Gasteiger partial charge in [-0.25, -0.2) is 14.6 Å². The summed E-state index contributed by atoms with van der Waals surface area (Å²) in [6.45, 7) is 4.41. The number of anilines is 2. The number of nitrogens with one attached hydrogen (secondary N) is 1. The summed E-state index contributed by atoms with van der Waals surface area (Å²) in [6, 6.07) is 19.0. The maximum Gasteiger partial charge on any atom is 0.297 e. The molecular weight excluding hydrogens is 632 g/mol. The van der Waals surface area contributed by atoms with Gasteiger partial charge in [-0.3, -0.25) is 4.18 Å². The highest BCUT2D eigenvalue weighted by atomic mass is 32.2. The first kappa shape index (κ1) is 35.4. The van der Waals surface area contributed by atoms with Crippen molar-refractivity contribution in [3.05, 3.63) is 84.2 Å². The normalized spacial score (nSPS) is 16.6. The molecule has 4 aromatic rings. The third-order valence-electron chi connectivity index (χ3n) is 8.08. The van der Waals surface area contributed by atoms with Gasteiger partial charge in [-0.1, -0.05) is 48.0 Å². The highest BCUT2D eigenvalue weighted by Crippen LogP contribution is 2.30. The van der Waals surface area contributed by atoms with Crippen molar-refractivity contribution in [1.82, 2.24) is 19.7 Å². The van der Waals surface area contributed by atoms with Crippen molar-refractivity contribution in [3.8, 4) is 11.3 Å². The summed E-state index contributed by atoms with van der Waals surface area (Å²) in [5.74, 6) is 1.61. The van der Waals surface area contributed by atoms with Crippen LogP contribution in [0.1, 0.15) is 36.8 Å². The van der Waals surface area contributed by atoms with Crippen molar-refractivity contribution in [2.24, 2.45) is 0 Å². The molecule has 0 radical (unpaired) electrons. The minimum atomic E-state index is -3.78. The van der Waals surface area contributed by atoms with Crippen LogP contribution in [0.3, 0.4) is 0 Å². The summed E-state index contributed by atoms with van der Waals surface area (Å²) in [5, 5.41) is 8.21. The molecule has 1 aliphatic carbocycles. The van der Waals surface area contributed by atoms with E-state index in [2.05, 4.69) is 32.4 Å². The van der Waals surface area contributed by atoms with Crippen molar-refractivity contribution in [2.75, 3.05) is 64.0 Å². The number of ether oxygens (including phenoxy) is 3. The van der Waals surface area contributed by atoms with Crippen LogP contribution in [0.5, 0.6) is 0 Å². The summed E-state index contributed by atoms with van der Waals surface area (Å²) in [6.07, 6.45) is 7.69. The monoisotopic (exact) mass is 678 g/mol. The van der Waals surface area contributed by atoms with Crippen LogP contribution in [0.4, 0.5) is 11.8 Å². The van der Waals surface area contributed by atoms with Crippen LogP contribution in [-0.2, 0) is 35.1 Å². The minimum Gasteiger partial charge on any atom is -0.377 e. The lowest BCUT2D eigenvalue weighted by atomic mass is 9.93. The van der Waals surface area contributed by atoms with Crippen LogP contribution in [0.15, 0.2) is 78.0 Å². The Bertz CT molecular complexity index is 1660. The van der Waals surface area contributed by atoms with Gasteiger partial charge in [0.15, 0.2) is 0 Å². The molecule has 1 N–H and O–H groups in total. The predicted molar refractivity (Wildman–Crippen MR) is 185 cm³/mol. The van der Waals surface area contributed by atoms with Gasteiger partial charge < -0.3 is 24.4 Å². The Morgan fingerprint density at radius 1 is 0.875 bits per heavy atom. The zero-order chi connectivity index (χ0) is 33.8. The summed E-state index contributed by atoms with van der Waals surface area (Å²) in [5.41, 5.74) is 3.96. The Kier molecular flexibility index (Phi) is 12.9. The molecule has 48 heavy (non-hydrogen) atoms. The van der Waals surface area contributed by atoms with E-state index in [-0.39, 0.29) is 30.3 Å². The third kappa shape index (κ3) is 10.3. The maximum absolute atomic E-state index is 12.2. The fraction of sp³-hybridized carbons (Fsp3) is 0.457. The van der Waals surface area contributed by atoms with E-state index in [4.69, 9.17) is 23.4 Å². The van der Waals surface area contributed by atoms with Gasteiger partial charge in [-0.05, 0) is 56.4 Å². The van der Waals surface area contributed by atoms with Crippen molar-refractivity contribution >= 4 is 21.9 Å². The Balaban J connectivity index is 0.960. The summed E-state index contributed by atoms with van der Waals surface area (Å²) < 4.78 is 48.5. The highest BCUT2D eigenvalue weighted by molar-refractivity contribution is 7.86. The van der Waals surface area contributed by atoms with Crippen molar-refractivity contribution in [1.29, 1.82) is 0 Å². The lowest BCUT2D eigenvalue weighted by Crippen LogP contribution is -2.31. The molecule has 2 aromatic heterocycles. The number of rotatable bonds is 18. The van der Waals surface area contributed by atoms with E-state index in [1.54, 1.807) is 18.3 Å². The fourth-order valence-corrected chi connectivity index (χ4v) is 6.50. The number of aromatic nitrogens is 4. The van der Waals surface area contributed by atoms with Gasteiger partial charge in [0.2, 0.25) is 5.95 Å². The molecule has 0 aliphatic heterocycles. The standard InChI is InChI=1S/C35H46N6O6S/c1-27-9-15-31(16-10-27)48(42,43)47-24-22-45-20-19-44-21-23-46-30-13-11-29(12-14-30)38-35-36-18-17-33(39-35)32-25-37-41(34(32)40(2)3)26-28-7-5-4-6-8-28/h4-10,15-18,25,29-30H,11-14,19-24,26H2,1-3H3,(H,36,38,39)/t29-,30-. The molecule has 2 aromatic carbocycles. The van der Waals surface area contributed by atoms with Gasteiger partial charge in [0, 0.05) is 26.3 Å². The molecule has 2 heterocycles.